The Morgan fingerprint density at radius 1 is 1.47 bits per heavy atom. The first kappa shape index (κ1) is 11.3. The van der Waals surface area contributed by atoms with E-state index in [1.807, 2.05) is 0 Å². The molecule has 6 nitrogen and oxygen atoms in total. The van der Waals surface area contributed by atoms with Gasteiger partial charge in [0.2, 0.25) is 0 Å². The van der Waals surface area contributed by atoms with Gasteiger partial charge in [0.15, 0.2) is 0 Å². The van der Waals surface area contributed by atoms with Crippen LogP contribution in [-0.2, 0) is 0 Å². The SMILES string of the molecule is COc1cc(C)c(C(=O)[O-])cc1N(O)O. The monoisotopic (exact) mass is 212 g/mol. The van der Waals surface area contributed by atoms with Crippen molar-refractivity contribution in [2.24, 2.45) is 0 Å². The first-order valence-corrected chi connectivity index (χ1v) is 4.05. The number of carboxylic acid groups (broad SMARTS) is 1. The number of benzene rings is 1. The number of methoxy groups -OCH3 is 1. The van der Waals surface area contributed by atoms with Crippen LogP contribution in [0, 0.1) is 6.92 Å². The molecule has 0 aliphatic heterocycles. The Balaban J connectivity index is 3.37. The van der Waals surface area contributed by atoms with Crippen molar-refractivity contribution in [1.29, 1.82) is 0 Å². The first-order chi connectivity index (χ1) is 6.97. The normalized spacial score (nSPS) is 9.87. The zero-order valence-corrected chi connectivity index (χ0v) is 8.22. The van der Waals surface area contributed by atoms with Crippen LogP contribution >= 0.6 is 0 Å². The molecule has 2 N–H and O–H groups in total. The predicted molar refractivity (Wildman–Crippen MR) is 48.1 cm³/mol. The number of carboxylic acids is 1. The number of hydrogen-bond acceptors (Lipinski definition) is 6. The van der Waals surface area contributed by atoms with Gasteiger partial charge in [0, 0.05) is 5.56 Å². The van der Waals surface area contributed by atoms with Crippen molar-refractivity contribution in [2.75, 3.05) is 12.3 Å². The number of aryl methyl sites for hydroxylation is 1. The number of aromatic carboxylic acids is 1. The lowest BCUT2D eigenvalue weighted by Crippen LogP contribution is -2.24. The second-order valence-electron chi connectivity index (χ2n) is 2.92. The summed E-state index contributed by atoms with van der Waals surface area (Å²) in [4.78, 5) is 10.7. The van der Waals surface area contributed by atoms with Gasteiger partial charge < -0.3 is 14.6 Å². The predicted octanol–water partition coefficient (Wildman–Crippen LogP) is -0.0481. The smallest absolute Gasteiger partial charge is 0.147 e. The zero-order chi connectivity index (χ0) is 11.6. The van der Waals surface area contributed by atoms with Crippen molar-refractivity contribution in [1.82, 2.24) is 0 Å². The van der Waals surface area contributed by atoms with E-state index in [1.165, 1.54) is 13.2 Å². The Bertz CT molecular complexity index is 388. The topological polar surface area (TPSA) is 93.1 Å². The Morgan fingerprint density at radius 3 is 2.47 bits per heavy atom. The third-order valence-electron chi connectivity index (χ3n) is 1.96. The lowest BCUT2D eigenvalue weighted by atomic mass is 10.1. The van der Waals surface area contributed by atoms with Crippen LogP contribution in [0.25, 0.3) is 0 Å². The van der Waals surface area contributed by atoms with Gasteiger partial charge in [0.1, 0.15) is 11.4 Å². The second kappa shape index (κ2) is 4.16. The molecule has 0 atom stereocenters. The Kier molecular flexibility index (Phi) is 3.13. The van der Waals surface area contributed by atoms with Crippen molar-refractivity contribution >= 4 is 11.7 Å². The van der Waals surface area contributed by atoms with E-state index >= 15 is 0 Å². The standard InChI is InChI=1S/C9H11NO5/c1-5-3-8(15-2)7(10(13)14)4-6(5)9(11)12/h3-4,13-14H,1-2H3,(H,11,12)/p-1. The molecule has 1 aromatic rings. The molecule has 0 aromatic heterocycles. The van der Waals surface area contributed by atoms with Gasteiger partial charge in [-0.25, -0.2) is 0 Å². The molecule has 0 unspecified atom stereocenters. The lowest BCUT2D eigenvalue weighted by molar-refractivity contribution is -0.255. The molecule has 15 heavy (non-hydrogen) atoms. The summed E-state index contributed by atoms with van der Waals surface area (Å²) < 4.78 is 4.85. The zero-order valence-electron chi connectivity index (χ0n) is 8.22. The van der Waals surface area contributed by atoms with Crippen LogP contribution in [0.4, 0.5) is 5.69 Å². The van der Waals surface area contributed by atoms with Gasteiger partial charge >= 0.3 is 0 Å². The number of rotatable bonds is 3. The summed E-state index contributed by atoms with van der Waals surface area (Å²) in [6, 6.07) is 2.43. The summed E-state index contributed by atoms with van der Waals surface area (Å²) in [5.41, 5.74) is 0.124. The molecule has 0 aliphatic rings. The van der Waals surface area contributed by atoms with Crippen LogP contribution in [0.5, 0.6) is 5.75 Å². The minimum Gasteiger partial charge on any atom is -0.545 e. The second-order valence-corrected chi connectivity index (χ2v) is 2.92. The van der Waals surface area contributed by atoms with Crippen LogP contribution in [0.2, 0.25) is 0 Å². The molecule has 6 heteroatoms. The minimum atomic E-state index is -1.39. The summed E-state index contributed by atoms with van der Waals surface area (Å²) in [5.74, 6) is -1.24. The van der Waals surface area contributed by atoms with E-state index in [0.717, 1.165) is 6.07 Å². The molecule has 1 rings (SSSR count). The van der Waals surface area contributed by atoms with Crippen LogP contribution in [0.1, 0.15) is 15.9 Å². The number of ether oxygens (including phenoxy) is 1. The number of carbonyl (C=O) groups excluding carboxylic acids is 1. The van der Waals surface area contributed by atoms with Gasteiger partial charge in [-0.2, -0.15) is 0 Å². The average molecular weight is 212 g/mol. The largest absolute Gasteiger partial charge is 0.545 e. The van der Waals surface area contributed by atoms with Crippen LogP contribution in [-0.4, -0.2) is 23.5 Å². The third kappa shape index (κ3) is 2.17. The Labute approximate surface area is 85.9 Å². The van der Waals surface area contributed by atoms with Crippen molar-refractivity contribution in [2.45, 2.75) is 6.92 Å². The van der Waals surface area contributed by atoms with E-state index in [2.05, 4.69) is 0 Å². The molecule has 0 amide bonds. The minimum absolute atomic E-state index is 0.126. The molecular formula is C9H10NO5-. The number of nitrogens with zero attached hydrogens (tertiary/aromatic N) is 1. The van der Waals surface area contributed by atoms with Gasteiger partial charge in [-0.15, -0.1) is 5.23 Å². The fourth-order valence-electron chi connectivity index (χ4n) is 1.21. The van der Waals surface area contributed by atoms with Gasteiger partial charge in [-0.1, -0.05) is 0 Å². The molecule has 0 saturated heterocycles. The van der Waals surface area contributed by atoms with Gasteiger partial charge in [0.25, 0.3) is 0 Å². The average Bonchev–Trinajstić information content (AvgIpc) is 2.16. The highest BCUT2D eigenvalue weighted by Crippen LogP contribution is 2.29. The molecule has 0 spiro atoms. The summed E-state index contributed by atoms with van der Waals surface area (Å²) >= 11 is 0. The van der Waals surface area contributed by atoms with Gasteiger partial charge in [-0.3, -0.25) is 10.4 Å². The molecule has 0 saturated carbocycles. The van der Waals surface area contributed by atoms with Gasteiger partial charge in [0.05, 0.1) is 13.1 Å². The van der Waals surface area contributed by atoms with Crippen molar-refractivity contribution in [3.05, 3.63) is 23.3 Å². The lowest BCUT2D eigenvalue weighted by Gasteiger charge is -2.16. The highest BCUT2D eigenvalue weighted by atomic mass is 16.8. The van der Waals surface area contributed by atoms with Crippen LogP contribution < -0.4 is 15.1 Å². The molecule has 0 fully saturated rings. The van der Waals surface area contributed by atoms with Crippen LogP contribution in [0.15, 0.2) is 12.1 Å². The quantitative estimate of drug-likeness (QED) is 0.682. The summed E-state index contributed by atoms with van der Waals surface area (Å²) in [7, 11) is 1.33. The third-order valence-corrected chi connectivity index (χ3v) is 1.96. The molecule has 82 valence electrons. The molecule has 0 bridgehead atoms. The summed E-state index contributed by atoms with van der Waals surface area (Å²) in [6.07, 6.45) is 0. The number of hydrogen-bond donors (Lipinski definition) is 2. The Morgan fingerprint density at radius 2 is 2.07 bits per heavy atom. The van der Waals surface area contributed by atoms with Crippen molar-refractivity contribution < 1.29 is 25.1 Å². The van der Waals surface area contributed by atoms with E-state index < -0.39 is 5.97 Å². The van der Waals surface area contributed by atoms with E-state index in [9.17, 15) is 9.90 Å². The highest BCUT2D eigenvalue weighted by Gasteiger charge is 2.12. The molecular weight excluding hydrogens is 202 g/mol. The summed E-state index contributed by atoms with van der Waals surface area (Å²) in [5, 5.41) is 28.1. The number of carbonyl (C=O) groups is 1. The highest BCUT2D eigenvalue weighted by molar-refractivity contribution is 5.89. The molecule has 0 aliphatic carbocycles. The van der Waals surface area contributed by atoms with Crippen LogP contribution in [0.3, 0.4) is 0 Å². The van der Waals surface area contributed by atoms with E-state index in [4.69, 9.17) is 15.2 Å². The molecule has 0 heterocycles. The van der Waals surface area contributed by atoms with E-state index in [0.29, 0.717) is 5.56 Å². The fourth-order valence-corrected chi connectivity index (χ4v) is 1.21. The molecule has 1 aromatic carbocycles. The maximum atomic E-state index is 10.7. The van der Waals surface area contributed by atoms with E-state index in [-0.39, 0.29) is 22.2 Å². The fraction of sp³-hybridized carbons (Fsp3) is 0.222. The first-order valence-electron chi connectivity index (χ1n) is 4.05. The van der Waals surface area contributed by atoms with Crippen molar-refractivity contribution in [3.8, 4) is 5.75 Å². The van der Waals surface area contributed by atoms with Gasteiger partial charge in [-0.05, 0) is 24.6 Å². The maximum absolute atomic E-state index is 10.7. The maximum Gasteiger partial charge on any atom is 0.147 e. The Hall–Kier alpha value is -1.79. The summed E-state index contributed by atoms with van der Waals surface area (Å²) in [6.45, 7) is 1.55. The molecule has 0 radical (unpaired) electrons. The van der Waals surface area contributed by atoms with E-state index in [1.54, 1.807) is 6.92 Å². The number of anilines is 1. The van der Waals surface area contributed by atoms with Crippen molar-refractivity contribution in [3.63, 3.8) is 0 Å².